The highest BCUT2D eigenvalue weighted by Gasteiger charge is 2.26. The van der Waals surface area contributed by atoms with E-state index in [-0.39, 0.29) is 30.2 Å². The Morgan fingerprint density at radius 3 is 2.59 bits per heavy atom. The molecule has 1 saturated carbocycles. The van der Waals surface area contributed by atoms with E-state index < -0.39 is 10.0 Å². The summed E-state index contributed by atoms with van der Waals surface area (Å²) in [4.78, 5) is 24.4. The maximum absolute atomic E-state index is 12.4. The largest absolute Gasteiger partial charge is 0.352 e. The Balaban J connectivity index is 1.57. The fraction of sp³-hybridized carbons (Fsp3) is 0.579. The van der Waals surface area contributed by atoms with E-state index >= 15 is 0 Å². The van der Waals surface area contributed by atoms with E-state index in [4.69, 9.17) is 0 Å². The topological polar surface area (TPSA) is 95.6 Å². The average Bonchev–Trinajstić information content (AvgIpc) is 2.66. The number of hydrogen-bond acceptors (Lipinski definition) is 4. The van der Waals surface area contributed by atoms with Gasteiger partial charge in [-0.1, -0.05) is 25.3 Å². The number of hydrogen-bond donors (Lipinski definition) is 2. The lowest BCUT2D eigenvalue weighted by Gasteiger charge is -2.28. The van der Waals surface area contributed by atoms with Crippen molar-refractivity contribution in [3.05, 3.63) is 29.8 Å². The number of anilines is 1. The minimum Gasteiger partial charge on any atom is -0.352 e. The van der Waals surface area contributed by atoms with E-state index in [0.717, 1.165) is 32.1 Å². The SMILES string of the molecule is O=C(CNC(=O)c1cccc(N2CCCCS2(=O)=O)c1)NC1CCCCC1. The first-order valence-corrected chi connectivity index (χ1v) is 11.2. The van der Waals surface area contributed by atoms with E-state index in [0.29, 0.717) is 24.2 Å². The maximum atomic E-state index is 12.4. The van der Waals surface area contributed by atoms with Crippen LogP contribution in [0.4, 0.5) is 5.69 Å². The first-order valence-electron chi connectivity index (χ1n) is 9.64. The number of benzene rings is 1. The van der Waals surface area contributed by atoms with E-state index in [1.807, 2.05) is 0 Å². The fourth-order valence-corrected chi connectivity index (χ4v) is 5.30. The van der Waals surface area contributed by atoms with Crippen molar-refractivity contribution in [1.29, 1.82) is 0 Å². The minimum absolute atomic E-state index is 0.0818. The van der Waals surface area contributed by atoms with Crippen LogP contribution in [-0.2, 0) is 14.8 Å². The van der Waals surface area contributed by atoms with Crippen LogP contribution in [0, 0.1) is 0 Å². The first kappa shape index (κ1) is 19.7. The Morgan fingerprint density at radius 1 is 1.07 bits per heavy atom. The van der Waals surface area contributed by atoms with Crippen LogP contribution < -0.4 is 14.9 Å². The highest BCUT2D eigenvalue weighted by Crippen LogP contribution is 2.24. The summed E-state index contributed by atoms with van der Waals surface area (Å²) in [6.07, 6.45) is 6.92. The summed E-state index contributed by atoms with van der Waals surface area (Å²) in [6.45, 7) is 0.346. The van der Waals surface area contributed by atoms with Gasteiger partial charge in [0.1, 0.15) is 0 Å². The Labute approximate surface area is 160 Å². The van der Waals surface area contributed by atoms with Crippen molar-refractivity contribution in [3.63, 3.8) is 0 Å². The molecule has 0 bridgehead atoms. The highest BCUT2D eigenvalue weighted by atomic mass is 32.2. The molecule has 1 aliphatic carbocycles. The van der Waals surface area contributed by atoms with Crippen molar-refractivity contribution in [2.45, 2.75) is 51.0 Å². The summed E-state index contributed by atoms with van der Waals surface area (Å²) in [6, 6.07) is 6.74. The van der Waals surface area contributed by atoms with Gasteiger partial charge >= 0.3 is 0 Å². The van der Waals surface area contributed by atoms with Crippen LogP contribution in [0.3, 0.4) is 0 Å². The summed E-state index contributed by atoms with van der Waals surface area (Å²) in [5.74, 6) is -0.444. The first-order chi connectivity index (χ1) is 13.0. The van der Waals surface area contributed by atoms with Gasteiger partial charge in [-0.25, -0.2) is 8.42 Å². The van der Waals surface area contributed by atoms with Gasteiger partial charge in [0.15, 0.2) is 0 Å². The predicted molar refractivity (Wildman–Crippen MR) is 104 cm³/mol. The molecule has 3 rings (SSSR count). The van der Waals surface area contributed by atoms with Gasteiger partial charge in [-0.15, -0.1) is 0 Å². The van der Waals surface area contributed by atoms with Gasteiger partial charge in [0, 0.05) is 18.2 Å². The van der Waals surface area contributed by atoms with Crippen LogP contribution in [0.2, 0.25) is 0 Å². The molecule has 1 heterocycles. The van der Waals surface area contributed by atoms with Crippen molar-refractivity contribution in [1.82, 2.24) is 10.6 Å². The second kappa shape index (κ2) is 8.73. The Kier molecular flexibility index (Phi) is 6.36. The molecule has 1 aromatic rings. The molecule has 8 heteroatoms. The van der Waals surface area contributed by atoms with Crippen molar-refractivity contribution >= 4 is 27.5 Å². The van der Waals surface area contributed by atoms with Crippen LogP contribution in [0.1, 0.15) is 55.3 Å². The predicted octanol–water partition coefficient (Wildman–Crippen LogP) is 1.80. The average molecular weight is 394 g/mol. The standard InChI is InChI=1S/C19H27N3O4S/c23-18(21-16-8-2-1-3-9-16)14-20-19(24)15-7-6-10-17(13-15)22-11-4-5-12-27(22,25)26/h6-7,10,13,16H,1-5,8-9,11-12,14H2,(H,20,24)(H,21,23). The van der Waals surface area contributed by atoms with E-state index in [9.17, 15) is 18.0 Å². The quantitative estimate of drug-likeness (QED) is 0.797. The second-order valence-corrected chi connectivity index (χ2v) is 9.24. The molecular weight excluding hydrogens is 366 g/mol. The number of nitrogens with one attached hydrogen (secondary N) is 2. The summed E-state index contributed by atoms with van der Waals surface area (Å²) < 4.78 is 25.8. The second-order valence-electron chi connectivity index (χ2n) is 7.23. The molecule has 2 aliphatic rings. The van der Waals surface area contributed by atoms with E-state index in [1.165, 1.54) is 10.7 Å². The van der Waals surface area contributed by atoms with Crippen molar-refractivity contribution in [3.8, 4) is 0 Å². The number of sulfonamides is 1. The van der Waals surface area contributed by atoms with Gasteiger partial charge in [0.05, 0.1) is 18.0 Å². The monoisotopic (exact) mass is 393 g/mol. The minimum atomic E-state index is -3.32. The molecule has 0 unspecified atom stereocenters. The molecule has 27 heavy (non-hydrogen) atoms. The molecule has 0 spiro atoms. The van der Waals surface area contributed by atoms with Crippen molar-refractivity contribution in [2.24, 2.45) is 0 Å². The summed E-state index contributed by atoms with van der Waals surface area (Å²) in [7, 11) is -3.32. The van der Waals surface area contributed by atoms with Gasteiger partial charge in [0.25, 0.3) is 5.91 Å². The smallest absolute Gasteiger partial charge is 0.251 e. The summed E-state index contributed by atoms with van der Waals surface area (Å²) in [5.41, 5.74) is 0.841. The third-order valence-electron chi connectivity index (χ3n) is 5.13. The van der Waals surface area contributed by atoms with Gasteiger partial charge in [0.2, 0.25) is 15.9 Å². The van der Waals surface area contributed by atoms with Crippen LogP contribution in [0.5, 0.6) is 0 Å². The van der Waals surface area contributed by atoms with Gasteiger partial charge < -0.3 is 10.6 Å². The number of carbonyl (C=O) groups excluding carboxylic acids is 2. The number of nitrogens with zero attached hydrogens (tertiary/aromatic N) is 1. The Hall–Kier alpha value is -2.09. The molecule has 1 saturated heterocycles. The van der Waals surface area contributed by atoms with Crippen LogP contribution in [0.25, 0.3) is 0 Å². The number of rotatable bonds is 5. The molecule has 0 aromatic heterocycles. The summed E-state index contributed by atoms with van der Waals surface area (Å²) >= 11 is 0. The zero-order valence-electron chi connectivity index (χ0n) is 15.4. The number of amides is 2. The van der Waals surface area contributed by atoms with Crippen molar-refractivity contribution < 1.29 is 18.0 Å². The molecule has 0 atom stereocenters. The van der Waals surface area contributed by atoms with Gasteiger partial charge in [-0.05, 0) is 43.9 Å². The highest BCUT2D eigenvalue weighted by molar-refractivity contribution is 7.92. The van der Waals surface area contributed by atoms with Crippen molar-refractivity contribution in [2.75, 3.05) is 23.1 Å². The molecule has 1 aromatic carbocycles. The van der Waals surface area contributed by atoms with Crippen LogP contribution >= 0.6 is 0 Å². The van der Waals surface area contributed by atoms with Crippen LogP contribution in [-0.4, -0.2) is 45.1 Å². The summed E-state index contributed by atoms with van der Waals surface area (Å²) in [5, 5.41) is 5.58. The lowest BCUT2D eigenvalue weighted by atomic mass is 9.95. The van der Waals surface area contributed by atoms with Gasteiger partial charge in [-0.2, -0.15) is 0 Å². The lowest BCUT2D eigenvalue weighted by Crippen LogP contribution is -2.42. The Morgan fingerprint density at radius 2 is 1.85 bits per heavy atom. The lowest BCUT2D eigenvalue weighted by molar-refractivity contribution is -0.121. The number of carbonyl (C=O) groups is 2. The molecule has 2 amide bonds. The normalized spacial score (nSPS) is 20.1. The molecule has 2 fully saturated rings. The molecule has 7 nitrogen and oxygen atoms in total. The van der Waals surface area contributed by atoms with E-state index in [2.05, 4.69) is 10.6 Å². The van der Waals surface area contributed by atoms with Crippen LogP contribution in [0.15, 0.2) is 24.3 Å². The molecular formula is C19H27N3O4S. The third-order valence-corrected chi connectivity index (χ3v) is 6.99. The van der Waals surface area contributed by atoms with E-state index in [1.54, 1.807) is 24.3 Å². The zero-order chi connectivity index (χ0) is 19.3. The molecule has 1 aliphatic heterocycles. The fourth-order valence-electron chi connectivity index (χ4n) is 3.67. The molecule has 0 radical (unpaired) electrons. The zero-order valence-corrected chi connectivity index (χ0v) is 16.3. The third kappa shape index (κ3) is 5.22. The van der Waals surface area contributed by atoms with Gasteiger partial charge in [-0.3, -0.25) is 13.9 Å². The molecule has 2 N–H and O–H groups in total. The maximum Gasteiger partial charge on any atom is 0.251 e. The molecule has 148 valence electrons. The Bertz CT molecular complexity index is 788.